The molecule has 0 aliphatic heterocycles. The fourth-order valence-corrected chi connectivity index (χ4v) is 1.27. The Balaban J connectivity index is 4.76. The Morgan fingerprint density at radius 3 is 1.64 bits per heavy atom. The van der Waals surface area contributed by atoms with E-state index in [4.69, 9.17) is 5.73 Å². The molecule has 0 atom stereocenters. The van der Waals surface area contributed by atoms with E-state index >= 15 is 0 Å². The van der Waals surface area contributed by atoms with Gasteiger partial charge in [-0.15, -0.1) is 0 Å². The van der Waals surface area contributed by atoms with E-state index in [1.54, 1.807) is 13.8 Å². The number of hydrogen-bond donors (Lipinski definition) is 1. The summed E-state index contributed by atoms with van der Waals surface area (Å²) in [5, 5.41) is 0. The number of carbonyl (C=O) groups excluding carboxylic acids is 2. The lowest BCUT2D eigenvalue weighted by Crippen LogP contribution is -2.41. The molecule has 0 saturated carbocycles. The first-order valence-electron chi connectivity index (χ1n) is 3.82. The van der Waals surface area contributed by atoms with Crippen LogP contribution in [0.3, 0.4) is 0 Å². The Bertz CT molecular complexity index is 155. The Labute approximate surface area is 67.0 Å². The van der Waals surface area contributed by atoms with Crippen molar-refractivity contribution < 1.29 is 9.59 Å². The minimum absolute atomic E-state index is 0.130. The highest BCUT2D eigenvalue weighted by Crippen LogP contribution is 2.26. The van der Waals surface area contributed by atoms with Crippen molar-refractivity contribution in [1.29, 1.82) is 0 Å². The summed E-state index contributed by atoms with van der Waals surface area (Å²) < 4.78 is 0. The Hall–Kier alpha value is -0.860. The first kappa shape index (κ1) is 10.1. The summed E-state index contributed by atoms with van der Waals surface area (Å²) in [5.41, 5.74) is 4.22. The standard InChI is InChI=1S/C8H15NO2/c1-4-8(5-2,6(3)10)7(9)11/h4-5H2,1-3H3,(H2,9,11). The maximum Gasteiger partial charge on any atom is 0.231 e. The van der Waals surface area contributed by atoms with Crippen LogP contribution in [-0.4, -0.2) is 11.7 Å². The second-order valence-corrected chi connectivity index (χ2v) is 2.71. The molecule has 0 aliphatic rings. The van der Waals surface area contributed by atoms with Gasteiger partial charge in [-0.25, -0.2) is 0 Å². The molecule has 2 N–H and O–H groups in total. The van der Waals surface area contributed by atoms with E-state index in [1.165, 1.54) is 6.92 Å². The zero-order valence-corrected chi connectivity index (χ0v) is 7.31. The minimum atomic E-state index is -0.917. The van der Waals surface area contributed by atoms with Gasteiger partial charge < -0.3 is 5.73 Å². The molecule has 0 aromatic carbocycles. The molecule has 1 amide bonds. The van der Waals surface area contributed by atoms with Gasteiger partial charge in [0.2, 0.25) is 5.91 Å². The average molecular weight is 157 g/mol. The third-order valence-corrected chi connectivity index (χ3v) is 2.35. The number of Topliss-reactive ketones (excluding diaryl/α,β-unsaturated/α-hetero) is 1. The number of primary amides is 1. The molecule has 0 aliphatic carbocycles. The highest BCUT2D eigenvalue weighted by molar-refractivity contribution is 6.04. The van der Waals surface area contributed by atoms with Gasteiger partial charge in [-0.05, 0) is 19.8 Å². The summed E-state index contributed by atoms with van der Waals surface area (Å²) in [5.74, 6) is -0.634. The monoisotopic (exact) mass is 157 g/mol. The molecule has 0 bridgehead atoms. The summed E-state index contributed by atoms with van der Waals surface area (Å²) in [6.45, 7) is 5.02. The van der Waals surface area contributed by atoms with Crippen molar-refractivity contribution in [3.8, 4) is 0 Å². The van der Waals surface area contributed by atoms with Gasteiger partial charge in [0.1, 0.15) is 11.2 Å². The van der Waals surface area contributed by atoms with Crippen molar-refractivity contribution in [2.75, 3.05) is 0 Å². The summed E-state index contributed by atoms with van der Waals surface area (Å²) in [6.07, 6.45) is 0.988. The average Bonchev–Trinajstić information content (AvgIpc) is 1.90. The van der Waals surface area contributed by atoms with Crippen LogP contribution >= 0.6 is 0 Å². The van der Waals surface area contributed by atoms with Crippen LogP contribution in [-0.2, 0) is 9.59 Å². The van der Waals surface area contributed by atoms with Crippen LogP contribution in [0.1, 0.15) is 33.6 Å². The molecule has 0 heterocycles. The van der Waals surface area contributed by atoms with Crippen molar-refractivity contribution in [3.05, 3.63) is 0 Å². The van der Waals surface area contributed by atoms with Crippen molar-refractivity contribution >= 4 is 11.7 Å². The van der Waals surface area contributed by atoms with Gasteiger partial charge in [0, 0.05) is 0 Å². The Morgan fingerprint density at radius 1 is 1.27 bits per heavy atom. The largest absolute Gasteiger partial charge is 0.369 e. The second-order valence-electron chi connectivity index (χ2n) is 2.71. The van der Waals surface area contributed by atoms with Gasteiger partial charge in [0.05, 0.1) is 0 Å². The maximum absolute atomic E-state index is 11.1. The molecule has 0 radical (unpaired) electrons. The third kappa shape index (κ3) is 1.59. The fraction of sp³-hybridized carbons (Fsp3) is 0.750. The van der Waals surface area contributed by atoms with Gasteiger partial charge in [-0.1, -0.05) is 13.8 Å². The summed E-state index contributed by atoms with van der Waals surface area (Å²) in [4.78, 5) is 22.0. The van der Waals surface area contributed by atoms with E-state index in [-0.39, 0.29) is 5.78 Å². The highest BCUT2D eigenvalue weighted by atomic mass is 16.2. The van der Waals surface area contributed by atoms with E-state index in [9.17, 15) is 9.59 Å². The van der Waals surface area contributed by atoms with Gasteiger partial charge >= 0.3 is 0 Å². The SMILES string of the molecule is CCC(CC)(C(C)=O)C(N)=O. The molecule has 0 saturated heterocycles. The molecule has 0 aromatic rings. The van der Waals surface area contributed by atoms with Crippen molar-refractivity contribution in [2.24, 2.45) is 11.1 Å². The lowest BCUT2D eigenvalue weighted by atomic mass is 9.78. The molecule has 3 heteroatoms. The normalized spacial score (nSPS) is 11.2. The van der Waals surface area contributed by atoms with Crippen molar-refractivity contribution in [3.63, 3.8) is 0 Å². The van der Waals surface area contributed by atoms with Crippen molar-refractivity contribution in [2.45, 2.75) is 33.6 Å². The molecule has 3 nitrogen and oxygen atoms in total. The lowest BCUT2D eigenvalue weighted by Gasteiger charge is -2.23. The zero-order valence-electron chi connectivity index (χ0n) is 7.31. The number of nitrogens with two attached hydrogens (primary N) is 1. The topological polar surface area (TPSA) is 60.2 Å². The number of carbonyl (C=O) groups is 2. The van der Waals surface area contributed by atoms with Crippen LogP contribution in [0.5, 0.6) is 0 Å². The first-order chi connectivity index (χ1) is 5.01. The fourth-order valence-electron chi connectivity index (χ4n) is 1.27. The van der Waals surface area contributed by atoms with Crippen LogP contribution in [0.4, 0.5) is 0 Å². The van der Waals surface area contributed by atoms with Crippen LogP contribution in [0.25, 0.3) is 0 Å². The van der Waals surface area contributed by atoms with E-state index in [0.717, 1.165) is 0 Å². The molecule has 11 heavy (non-hydrogen) atoms. The second kappa shape index (κ2) is 3.51. The van der Waals surface area contributed by atoms with Gasteiger partial charge in [-0.2, -0.15) is 0 Å². The molecular formula is C8H15NO2. The third-order valence-electron chi connectivity index (χ3n) is 2.35. The molecule has 64 valence electrons. The number of amides is 1. The lowest BCUT2D eigenvalue weighted by molar-refractivity contribution is -0.139. The first-order valence-corrected chi connectivity index (χ1v) is 3.82. The molecular weight excluding hydrogens is 142 g/mol. The van der Waals surface area contributed by atoms with Crippen LogP contribution < -0.4 is 5.73 Å². The van der Waals surface area contributed by atoms with Crippen LogP contribution in [0, 0.1) is 5.41 Å². The zero-order chi connectivity index (χ0) is 9.07. The predicted octanol–water partition coefficient (Wildman–Crippen LogP) is 0.867. The van der Waals surface area contributed by atoms with E-state index in [1.807, 2.05) is 0 Å². The summed E-state index contributed by atoms with van der Waals surface area (Å²) in [7, 11) is 0. The Kier molecular flexibility index (Phi) is 3.23. The highest BCUT2D eigenvalue weighted by Gasteiger charge is 2.37. The molecule has 0 unspecified atom stereocenters. The van der Waals surface area contributed by atoms with Gasteiger partial charge in [0.15, 0.2) is 0 Å². The van der Waals surface area contributed by atoms with Crippen LogP contribution in [0.2, 0.25) is 0 Å². The van der Waals surface area contributed by atoms with E-state index < -0.39 is 11.3 Å². The predicted molar refractivity (Wildman–Crippen MR) is 42.9 cm³/mol. The quantitative estimate of drug-likeness (QED) is 0.615. The molecule has 0 fully saturated rings. The molecule has 0 spiro atoms. The van der Waals surface area contributed by atoms with E-state index in [2.05, 4.69) is 0 Å². The van der Waals surface area contributed by atoms with Crippen molar-refractivity contribution in [1.82, 2.24) is 0 Å². The van der Waals surface area contributed by atoms with E-state index in [0.29, 0.717) is 12.8 Å². The number of hydrogen-bond acceptors (Lipinski definition) is 2. The summed E-state index contributed by atoms with van der Waals surface area (Å²) in [6, 6.07) is 0. The number of rotatable bonds is 4. The van der Waals surface area contributed by atoms with Crippen LogP contribution in [0.15, 0.2) is 0 Å². The minimum Gasteiger partial charge on any atom is -0.369 e. The van der Waals surface area contributed by atoms with Gasteiger partial charge in [-0.3, -0.25) is 9.59 Å². The summed E-state index contributed by atoms with van der Waals surface area (Å²) >= 11 is 0. The maximum atomic E-state index is 11.1. The Morgan fingerprint density at radius 2 is 1.64 bits per heavy atom. The van der Waals surface area contributed by atoms with Gasteiger partial charge in [0.25, 0.3) is 0 Å². The number of ketones is 1. The molecule has 0 aromatic heterocycles. The molecule has 0 rings (SSSR count). The smallest absolute Gasteiger partial charge is 0.231 e.